The summed E-state index contributed by atoms with van der Waals surface area (Å²) >= 11 is 0. The Kier molecular flexibility index (Phi) is 4.79. The first-order valence-corrected chi connectivity index (χ1v) is 8.32. The van der Waals surface area contributed by atoms with Gasteiger partial charge in [-0.2, -0.15) is 0 Å². The second kappa shape index (κ2) is 6.77. The smallest absolute Gasteiger partial charge is 0.117 e. The molecule has 1 aliphatic heterocycles. The van der Waals surface area contributed by atoms with Gasteiger partial charge in [0, 0.05) is 13.1 Å². The van der Waals surface area contributed by atoms with Crippen LogP contribution < -0.4 is 5.32 Å². The summed E-state index contributed by atoms with van der Waals surface area (Å²) in [4.78, 5) is 2.63. The number of nitrogens with zero attached hydrogens (tertiary/aromatic N) is 1. The van der Waals surface area contributed by atoms with Gasteiger partial charge in [-0.05, 0) is 56.3 Å². The van der Waals surface area contributed by atoms with E-state index in [0.717, 1.165) is 24.3 Å². The Morgan fingerprint density at radius 2 is 1.90 bits per heavy atom. The molecule has 2 aliphatic rings. The van der Waals surface area contributed by atoms with Crippen molar-refractivity contribution in [2.45, 2.75) is 51.5 Å². The van der Waals surface area contributed by atoms with Crippen LogP contribution in [0.5, 0.6) is 0 Å². The SMILES string of the molecule is c1coc(CNCCN2CCC3(CCCCC3)CC2)c1. The van der Waals surface area contributed by atoms with Crippen molar-refractivity contribution in [2.24, 2.45) is 5.41 Å². The fraction of sp³-hybridized carbons (Fsp3) is 0.765. The summed E-state index contributed by atoms with van der Waals surface area (Å²) in [5.74, 6) is 1.03. The van der Waals surface area contributed by atoms with Crippen LogP contribution in [0.4, 0.5) is 0 Å². The third-order valence-corrected chi connectivity index (χ3v) is 5.32. The molecule has 1 saturated carbocycles. The van der Waals surface area contributed by atoms with Gasteiger partial charge in [-0.25, -0.2) is 0 Å². The first kappa shape index (κ1) is 14.2. The molecule has 1 aliphatic carbocycles. The van der Waals surface area contributed by atoms with E-state index in [0.29, 0.717) is 0 Å². The van der Waals surface area contributed by atoms with Gasteiger partial charge in [0.25, 0.3) is 0 Å². The van der Waals surface area contributed by atoms with Gasteiger partial charge >= 0.3 is 0 Å². The van der Waals surface area contributed by atoms with Crippen molar-refractivity contribution in [1.82, 2.24) is 10.2 Å². The highest BCUT2D eigenvalue weighted by molar-refractivity contribution is 4.97. The zero-order valence-electron chi connectivity index (χ0n) is 12.6. The number of nitrogens with one attached hydrogen (secondary N) is 1. The molecule has 0 atom stereocenters. The summed E-state index contributed by atoms with van der Waals surface area (Å²) in [5.41, 5.74) is 0.732. The van der Waals surface area contributed by atoms with Crippen LogP contribution in [-0.2, 0) is 6.54 Å². The topological polar surface area (TPSA) is 28.4 Å². The van der Waals surface area contributed by atoms with Crippen LogP contribution >= 0.6 is 0 Å². The van der Waals surface area contributed by atoms with Gasteiger partial charge in [-0.3, -0.25) is 0 Å². The Morgan fingerprint density at radius 1 is 1.10 bits per heavy atom. The standard InChI is InChI=1S/C17H28N2O/c1-2-6-17(7-3-1)8-11-19(12-9-17)13-10-18-15-16-5-4-14-20-16/h4-5,14,18H,1-3,6-13,15H2. The minimum atomic E-state index is 0.732. The van der Waals surface area contributed by atoms with Gasteiger partial charge in [0.1, 0.15) is 5.76 Å². The van der Waals surface area contributed by atoms with E-state index in [2.05, 4.69) is 10.2 Å². The van der Waals surface area contributed by atoms with Gasteiger partial charge in [0.05, 0.1) is 12.8 Å². The summed E-state index contributed by atoms with van der Waals surface area (Å²) in [6.07, 6.45) is 12.0. The molecule has 20 heavy (non-hydrogen) atoms. The highest BCUT2D eigenvalue weighted by Gasteiger charge is 2.35. The molecule has 0 unspecified atom stereocenters. The molecule has 0 bridgehead atoms. The maximum absolute atomic E-state index is 5.32. The predicted molar refractivity (Wildman–Crippen MR) is 81.6 cm³/mol. The Balaban J connectivity index is 1.32. The van der Waals surface area contributed by atoms with Crippen molar-refractivity contribution in [3.63, 3.8) is 0 Å². The van der Waals surface area contributed by atoms with E-state index in [1.54, 1.807) is 6.26 Å². The maximum Gasteiger partial charge on any atom is 0.117 e. The predicted octanol–water partition coefficient (Wildman–Crippen LogP) is 3.42. The van der Waals surface area contributed by atoms with Crippen LogP contribution in [-0.4, -0.2) is 31.1 Å². The zero-order valence-corrected chi connectivity index (χ0v) is 12.6. The van der Waals surface area contributed by atoms with E-state index in [-0.39, 0.29) is 0 Å². The summed E-state index contributed by atoms with van der Waals surface area (Å²) in [6, 6.07) is 3.98. The van der Waals surface area contributed by atoms with Gasteiger partial charge in [-0.15, -0.1) is 0 Å². The second-order valence-electron chi connectivity index (χ2n) is 6.66. The number of likely N-dealkylation sites (tertiary alicyclic amines) is 1. The average Bonchev–Trinajstić information content (AvgIpc) is 3.00. The lowest BCUT2D eigenvalue weighted by molar-refractivity contribution is 0.0683. The number of piperidine rings is 1. The molecule has 1 saturated heterocycles. The van der Waals surface area contributed by atoms with Crippen molar-refractivity contribution in [3.8, 4) is 0 Å². The lowest BCUT2D eigenvalue weighted by Gasteiger charge is -2.44. The van der Waals surface area contributed by atoms with Gasteiger partial charge in [-0.1, -0.05) is 19.3 Å². The third-order valence-electron chi connectivity index (χ3n) is 5.32. The Labute approximate surface area is 122 Å². The van der Waals surface area contributed by atoms with Crippen LogP contribution in [0.15, 0.2) is 22.8 Å². The molecular formula is C17H28N2O. The monoisotopic (exact) mass is 276 g/mol. The molecule has 1 spiro atoms. The average molecular weight is 276 g/mol. The number of hydrogen-bond acceptors (Lipinski definition) is 3. The number of furan rings is 1. The zero-order chi connectivity index (χ0) is 13.7. The summed E-state index contributed by atoms with van der Waals surface area (Å²) in [6.45, 7) is 5.71. The molecule has 2 heterocycles. The first-order chi connectivity index (χ1) is 9.86. The van der Waals surface area contributed by atoms with E-state index < -0.39 is 0 Å². The van der Waals surface area contributed by atoms with Crippen molar-refractivity contribution in [3.05, 3.63) is 24.2 Å². The molecule has 3 rings (SSSR count). The maximum atomic E-state index is 5.32. The second-order valence-corrected chi connectivity index (χ2v) is 6.66. The van der Waals surface area contributed by atoms with E-state index in [4.69, 9.17) is 4.42 Å². The molecule has 0 amide bonds. The van der Waals surface area contributed by atoms with E-state index in [9.17, 15) is 0 Å². The molecule has 3 heteroatoms. The molecule has 2 fully saturated rings. The van der Waals surface area contributed by atoms with Crippen molar-refractivity contribution < 1.29 is 4.42 Å². The quantitative estimate of drug-likeness (QED) is 0.835. The van der Waals surface area contributed by atoms with Gasteiger partial charge in [0.15, 0.2) is 0 Å². The third kappa shape index (κ3) is 3.64. The van der Waals surface area contributed by atoms with Crippen LogP contribution in [0.25, 0.3) is 0 Å². The summed E-state index contributed by atoms with van der Waals surface area (Å²) in [5, 5.41) is 3.47. The fourth-order valence-corrected chi connectivity index (χ4v) is 3.91. The Morgan fingerprint density at radius 3 is 2.60 bits per heavy atom. The number of rotatable bonds is 5. The molecule has 3 nitrogen and oxygen atoms in total. The molecule has 1 N–H and O–H groups in total. The molecule has 0 radical (unpaired) electrons. The van der Waals surface area contributed by atoms with Crippen molar-refractivity contribution in [1.29, 1.82) is 0 Å². The highest BCUT2D eigenvalue weighted by atomic mass is 16.3. The number of hydrogen-bond donors (Lipinski definition) is 1. The Bertz CT molecular complexity index is 372. The van der Waals surface area contributed by atoms with Gasteiger partial charge in [0.2, 0.25) is 0 Å². The highest BCUT2D eigenvalue weighted by Crippen LogP contribution is 2.44. The molecule has 1 aromatic rings. The summed E-state index contributed by atoms with van der Waals surface area (Å²) in [7, 11) is 0. The molecular weight excluding hydrogens is 248 g/mol. The van der Waals surface area contributed by atoms with Crippen LogP contribution in [0.3, 0.4) is 0 Å². The van der Waals surface area contributed by atoms with Crippen LogP contribution in [0.2, 0.25) is 0 Å². The molecule has 112 valence electrons. The minimum absolute atomic E-state index is 0.732. The van der Waals surface area contributed by atoms with E-state index in [1.807, 2.05) is 12.1 Å². The summed E-state index contributed by atoms with van der Waals surface area (Å²) < 4.78 is 5.32. The van der Waals surface area contributed by atoms with Crippen molar-refractivity contribution in [2.75, 3.05) is 26.2 Å². The normalized spacial score (nSPS) is 23.2. The van der Waals surface area contributed by atoms with E-state index in [1.165, 1.54) is 64.6 Å². The largest absolute Gasteiger partial charge is 0.468 e. The lowest BCUT2D eigenvalue weighted by atomic mass is 9.68. The first-order valence-electron chi connectivity index (χ1n) is 8.32. The molecule has 1 aromatic heterocycles. The van der Waals surface area contributed by atoms with Crippen LogP contribution in [0, 0.1) is 5.41 Å². The van der Waals surface area contributed by atoms with E-state index >= 15 is 0 Å². The molecule has 0 aromatic carbocycles. The Hall–Kier alpha value is -0.800. The van der Waals surface area contributed by atoms with Crippen LogP contribution in [0.1, 0.15) is 50.7 Å². The minimum Gasteiger partial charge on any atom is -0.468 e. The fourth-order valence-electron chi connectivity index (χ4n) is 3.91. The van der Waals surface area contributed by atoms with Crippen molar-refractivity contribution >= 4 is 0 Å². The lowest BCUT2D eigenvalue weighted by Crippen LogP contribution is -2.43. The van der Waals surface area contributed by atoms with Gasteiger partial charge < -0.3 is 14.6 Å².